The molecule has 3 aromatic rings. The van der Waals surface area contributed by atoms with E-state index in [1.54, 1.807) is 32.4 Å². The van der Waals surface area contributed by atoms with Gasteiger partial charge < -0.3 is 14.0 Å². The fourth-order valence-electron chi connectivity index (χ4n) is 2.88. The van der Waals surface area contributed by atoms with Crippen LogP contribution in [0.2, 0.25) is 0 Å². The molecule has 0 radical (unpaired) electrons. The Morgan fingerprint density at radius 1 is 1.04 bits per heavy atom. The predicted molar refractivity (Wildman–Crippen MR) is 110 cm³/mol. The number of hydrogen-bond donors (Lipinski definition) is 0. The van der Waals surface area contributed by atoms with E-state index in [2.05, 4.69) is 33.8 Å². The Kier molecular flexibility index (Phi) is 6.71. The number of rotatable bonds is 9. The van der Waals surface area contributed by atoms with Crippen LogP contribution in [0.15, 0.2) is 53.7 Å². The third-order valence-corrected chi connectivity index (χ3v) is 5.32. The van der Waals surface area contributed by atoms with E-state index in [1.807, 2.05) is 18.2 Å². The molecule has 0 saturated heterocycles. The summed E-state index contributed by atoms with van der Waals surface area (Å²) in [7, 11) is 3.12. The van der Waals surface area contributed by atoms with Crippen LogP contribution in [0.5, 0.6) is 11.5 Å². The van der Waals surface area contributed by atoms with Gasteiger partial charge in [0, 0.05) is 18.5 Å². The molecular formula is C21H23N3O3S. The summed E-state index contributed by atoms with van der Waals surface area (Å²) >= 11 is 1.40. The normalized spacial score (nSPS) is 10.7. The lowest BCUT2D eigenvalue weighted by molar-refractivity contribution is 0.102. The number of carbonyl (C=O) groups excluding carboxylic acids is 1. The van der Waals surface area contributed by atoms with Gasteiger partial charge >= 0.3 is 0 Å². The topological polar surface area (TPSA) is 66.2 Å². The minimum atomic E-state index is 0.00113. The van der Waals surface area contributed by atoms with Crippen molar-refractivity contribution in [2.24, 2.45) is 0 Å². The Bertz CT molecular complexity index is 941. The number of Topliss-reactive ketones (excluding diaryl/α,β-unsaturated/α-hetero) is 1. The maximum atomic E-state index is 12.6. The lowest BCUT2D eigenvalue weighted by atomic mass is 10.1. The minimum Gasteiger partial charge on any atom is -0.493 e. The fraction of sp³-hybridized carbons (Fsp3) is 0.286. The molecule has 0 saturated carbocycles. The molecule has 1 heterocycles. The summed E-state index contributed by atoms with van der Waals surface area (Å²) in [6.45, 7) is 2.81. The summed E-state index contributed by atoms with van der Waals surface area (Å²) in [4.78, 5) is 12.6. The molecule has 0 amide bonds. The first-order valence-electron chi connectivity index (χ1n) is 9.00. The Labute approximate surface area is 168 Å². The number of methoxy groups -OCH3 is 2. The number of thioether (sulfide) groups is 1. The number of hydrogen-bond acceptors (Lipinski definition) is 6. The van der Waals surface area contributed by atoms with Gasteiger partial charge in [0.25, 0.3) is 0 Å². The Morgan fingerprint density at radius 2 is 1.79 bits per heavy atom. The van der Waals surface area contributed by atoms with Crippen LogP contribution in [0, 0.1) is 0 Å². The molecule has 6 nitrogen and oxygen atoms in total. The maximum absolute atomic E-state index is 12.6. The molecule has 7 heteroatoms. The molecule has 0 aliphatic carbocycles. The van der Waals surface area contributed by atoms with Crippen LogP contribution < -0.4 is 9.47 Å². The first kappa shape index (κ1) is 19.9. The van der Waals surface area contributed by atoms with Gasteiger partial charge in [0.1, 0.15) is 5.82 Å². The Balaban J connectivity index is 1.70. The van der Waals surface area contributed by atoms with Crippen molar-refractivity contribution in [3.63, 3.8) is 0 Å². The Morgan fingerprint density at radius 3 is 2.46 bits per heavy atom. The molecule has 0 atom stereocenters. The van der Waals surface area contributed by atoms with E-state index in [0.717, 1.165) is 17.5 Å². The first-order valence-corrected chi connectivity index (χ1v) is 9.98. The average molecular weight is 398 g/mol. The molecule has 0 unspecified atom stereocenters. The highest BCUT2D eigenvalue weighted by Gasteiger charge is 2.15. The van der Waals surface area contributed by atoms with Crippen LogP contribution >= 0.6 is 11.8 Å². The molecule has 146 valence electrons. The van der Waals surface area contributed by atoms with E-state index in [9.17, 15) is 4.79 Å². The number of carbonyl (C=O) groups is 1. The molecule has 0 N–H and O–H groups in total. The van der Waals surface area contributed by atoms with Gasteiger partial charge in [-0.3, -0.25) is 4.79 Å². The molecule has 1 aromatic heterocycles. The first-order chi connectivity index (χ1) is 13.7. The average Bonchev–Trinajstić information content (AvgIpc) is 3.13. The van der Waals surface area contributed by atoms with Crippen molar-refractivity contribution >= 4 is 17.5 Å². The van der Waals surface area contributed by atoms with Gasteiger partial charge in [0.2, 0.25) is 0 Å². The van der Waals surface area contributed by atoms with Crippen molar-refractivity contribution in [3.8, 4) is 11.5 Å². The van der Waals surface area contributed by atoms with E-state index < -0.39 is 0 Å². The summed E-state index contributed by atoms with van der Waals surface area (Å²) in [5.74, 6) is 2.32. The summed E-state index contributed by atoms with van der Waals surface area (Å²) in [6.07, 6.45) is 0.714. The van der Waals surface area contributed by atoms with E-state index in [4.69, 9.17) is 9.47 Å². The summed E-state index contributed by atoms with van der Waals surface area (Å²) in [5.41, 5.74) is 1.76. The summed E-state index contributed by atoms with van der Waals surface area (Å²) in [6, 6.07) is 15.4. The largest absolute Gasteiger partial charge is 0.493 e. The minimum absolute atomic E-state index is 0.00113. The second-order valence-electron chi connectivity index (χ2n) is 6.09. The van der Waals surface area contributed by atoms with Gasteiger partial charge in [-0.15, -0.1) is 10.2 Å². The molecule has 0 spiro atoms. The van der Waals surface area contributed by atoms with Crippen LogP contribution in [-0.2, 0) is 13.0 Å². The maximum Gasteiger partial charge on any atom is 0.191 e. The zero-order chi connectivity index (χ0) is 19.9. The molecule has 3 rings (SSSR count). The third kappa shape index (κ3) is 4.54. The van der Waals surface area contributed by atoms with Gasteiger partial charge in [-0.05, 0) is 30.7 Å². The van der Waals surface area contributed by atoms with Gasteiger partial charge in [-0.25, -0.2) is 0 Å². The zero-order valence-electron chi connectivity index (χ0n) is 16.2. The molecule has 0 fully saturated rings. The monoisotopic (exact) mass is 397 g/mol. The molecule has 0 aliphatic rings. The van der Waals surface area contributed by atoms with E-state index >= 15 is 0 Å². The van der Waals surface area contributed by atoms with Crippen molar-refractivity contribution in [3.05, 3.63) is 65.5 Å². The highest BCUT2D eigenvalue weighted by molar-refractivity contribution is 7.99. The lowest BCUT2D eigenvalue weighted by Gasteiger charge is -2.09. The smallest absolute Gasteiger partial charge is 0.191 e. The standard InChI is InChI=1S/C21H23N3O3S/c1-4-24-20(12-15-8-6-5-7-9-15)22-23-21(24)28-14-17(25)16-10-11-18(26-2)19(13-16)27-3/h5-11,13H,4,12,14H2,1-3H3. The highest BCUT2D eigenvalue weighted by Crippen LogP contribution is 2.28. The van der Waals surface area contributed by atoms with Crippen molar-refractivity contribution < 1.29 is 14.3 Å². The van der Waals surface area contributed by atoms with Gasteiger partial charge in [0.05, 0.1) is 20.0 Å². The molecule has 0 bridgehead atoms. The van der Waals surface area contributed by atoms with E-state index in [-0.39, 0.29) is 11.5 Å². The number of benzene rings is 2. The number of ether oxygens (including phenoxy) is 2. The van der Waals surface area contributed by atoms with Crippen LogP contribution in [-0.4, -0.2) is 40.5 Å². The second-order valence-corrected chi connectivity index (χ2v) is 7.03. The quantitative estimate of drug-likeness (QED) is 0.403. The van der Waals surface area contributed by atoms with Gasteiger partial charge in [-0.2, -0.15) is 0 Å². The summed E-state index contributed by atoms with van der Waals surface area (Å²) in [5, 5.41) is 9.37. The van der Waals surface area contributed by atoms with Crippen molar-refractivity contribution in [2.45, 2.75) is 25.0 Å². The third-order valence-electron chi connectivity index (χ3n) is 4.35. The van der Waals surface area contributed by atoms with Crippen molar-refractivity contribution in [2.75, 3.05) is 20.0 Å². The zero-order valence-corrected chi connectivity index (χ0v) is 17.0. The second kappa shape index (κ2) is 9.41. The number of ketones is 1. The Hall–Kier alpha value is -2.80. The van der Waals surface area contributed by atoms with Crippen LogP contribution in [0.1, 0.15) is 28.7 Å². The highest BCUT2D eigenvalue weighted by atomic mass is 32.2. The lowest BCUT2D eigenvalue weighted by Crippen LogP contribution is -2.07. The van der Waals surface area contributed by atoms with Gasteiger partial charge in [0.15, 0.2) is 22.4 Å². The van der Waals surface area contributed by atoms with E-state index in [1.165, 1.54) is 17.3 Å². The SMILES string of the molecule is CCn1c(Cc2ccccc2)nnc1SCC(=O)c1ccc(OC)c(OC)c1. The van der Waals surface area contributed by atoms with Crippen LogP contribution in [0.4, 0.5) is 0 Å². The predicted octanol–water partition coefficient (Wildman–Crippen LogP) is 3.88. The van der Waals surface area contributed by atoms with Gasteiger partial charge in [-0.1, -0.05) is 42.1 Å². The molecule has 2 aromatic carbocycles. The van der Waals surface area contributed by atoms with Crippen LogP contribution in [0.25, 0.3) is 0 Å². The van der Waals surface area contributed by atoms with E-state index in [0.29, 0.717) is 23.5 Å². The molecule has 28 heavy (non-hydrogen) atoms. The fourth-order valence-corrected chi connectivity index (χ4v) is 3.79. The molecule has 0 aliphatic heterocycles. The number of nitrogens with zero attached hydrogens (tertiary/aromatic N) is 3. The molecular weight excluding hydrogens is 374 g/mol. The van der Waals surface area contributed by atoms with Crippen molar-refractivity contribution in [1.82, 2.24) is 14.8 Å². The number of aromatic nitrogens is 3. The summed E-state index contributed by atoms with van der Waals surface area (Å²) < 4.78 is 12.5. The van der Waals surface area contributed by atoms with Crippen molar-refractivity contribution in [1.29, 1.82) is 0 Å². The van der Waals surface area contributed by atoms with Crippen LogP contribution in [0.3, 0.4) is 0 Å².